The number of amides is 4. The number of nitrogens with one attached hydrogen (secondary N) is 5. The number of aromatic amines is 1. The maximum Gasteiger partial charge on any atom is 0.407 e. The van der Waals surface area contributed by atoms with Crippen molar-refractivity contribution in [3.63, 3.8) is 0 Å². The van der Waals surface area contributed by atoms with Gasteiger partial charge in [0.2, 0.25) is 27.7 Å². The molecule has 1 aromatic heterocycles. The molecule has 3 aromatic rings. The predicted octanol–water partition coefficient (Wildman–Crippen LogP) is 4.25. The van der Waals surface area contributed by atoms with Crippen molar-refractivity contribution in [1.82, 2.24) is 35.5 Å². The van der Waals surface area contributed by atoms with Gasteiger partial charge in [-0.2, -0.15) is 0 Å². The summed E-state index contributed by atoms with van der Waals surface area (Å²) in [4.78, 5) is 64.4. The molecule has 1 unspecified atom stereocenters. The average molecular weight is 896 g/mol. The van der Waals surface area contributed by atoms with E-state index in [9.17, 15) is 37.8 Å². The number of alkyl carbamates (subject to hydrolysis) is 1. The molecule has 7 N–H and O–H groups in total. The first kappa shape index (κ1) is 49.4. The van der Waals surface area contributed by atoms with Crippen molar-refractivity contribution in [2.24, 2.45) is 11.8 Å². The molecule has 2 fully saturated rings. The number of sulfonamides is 1. The Morgan fingerprint density at radius 2 is 1.65 bits per heavy atom. The van der Waals surface area contributed by atoms with Gasteiger partial charge < -0.3 is 40.8 Å². The summed E-state index contributed by atoms with van der Waals surface area (Å²) in [6.07, 6.45) is 6.97. The highest BCUT2D eigenvalue weighted by molar-refractivity contribution is 7.89. The van der Waals surface area contributed by atoms with Crippen molar-refractivity contribution < 1.29 is 42.5 Å². The SMILES string of the molecule is CCCS(=O)(=O)NC[C@@H](O)C[C@H](O)[C@H](CC1CCCCC1)NC(=O)[C@H](Cc1cnc[nH]1)NC(=O)C(CC(=O)N1CCC(NC(=O)OC(C)(C)C)CC1)Cc1cccc2ccccc12. The van der Waals surface area contributed by atoms with Crippen molar-refractivity contribution in [2.45, 2.75) is 147 Å². The average Bonchev–Trinajstić information content (AvgIpc) is 3.75. The summed E-state index contributed by atoms with van der Waals surface area (Å²) in [5.74, 6) is -1.99. The van der Waals surface area contributed by atoms with Gasteiger partial charge >= 0.3 is 6.09 Å². The summed E-state index contributed by atoms with van der Waals surface area (Å²) in [5.41, 5.74) is 0.821. The molecule has 0 radical (unpaired) electrons. The number of hydrogen-bond acceptors (Lipinski definition) is 10. The Bertz CT molecular complexity index is 2040. The standard InChI is InChI=1S/C46H69N7O9S/c1-5-22-63(60,61)49-29-37(54)27-41(55)39(23-31-12-7-6-8-13-31)51-44(58)40(26-36-28-47-30-48-36)52-43(57)34(24-33-16-11-15-32-14-9-10-17-38(32)33)25-42(56)53-20-18-35(19-21-53)50-45(59)62-46(2,3)4/h9-11,14-17,28,30-31,34-35,37,39-41,49,54-55H,5-8,12-13,18-27,29H2,1-4H3,(H,47,48)(H,50,59)(H,51,58)(H,52,57)/t34?,37-,39-,40-,41-/m0/s1. The summed E-state index contributed by atoms with van der Waals surface area (Å²) < 4.78 is 32.3. The number of piperidine rings is 1. The zero-order valence-corrected chi connectivity index (χ0v) is 38.1. The van der Waals surface area contributed by atoms with Crippen LogP contribution in [0.25, 0.3) is 10.8 Å². The quantitative estimate of drug-likeness (QED) is 0.0804. The molecule has 0 bridgehead atoms. The molecule has 1 aliphatic carbocycles. The van der Waals surface area contributed by atoms with Crippen LogP contribution >= 0.6 is 0 Å². The zero-order valence-electron chi connectivity index (χ0n) is 37.3. The van der Waals surface area contributed by atoms with Crippen LogP contribution in [0.2, 0.25) is 0 Å². The van der Waals surface area contributed by atoms with Gasteiger partial charge in [0, 0.05) is 56.8 Å². The molecule has 63 heavy (non-hydrogen) atoms. The Balaban J connectivity index is 1.34. The Labute approximate surface area is 372 Å². The van der Waals surface area contributed by atoms with Gasteiger partial charge in [0.15, 0.2) is 0 Å². The summed E-state index contributed by atoms with van der Waals surface area (Å²) in [5, 5.41) is 33.2. The predicted molar refractivity (Wildman–Crippen MR) is 241 cm³/mol. The molecule has 0 spiro atoms. The highest BCUT2D eigenvalue weighted by atomic mass is 32.2. The van der Waals surface area contributed by atoms with Gasteiger partial charge in [0.1, 0.15) is 11.6 Å². The molecule has 17 heteroatoms. The number of nitrogens with zero attached hydrogens (tertiary/aromatic N) is 2. The van der Waals surface area contributed by atoms with Crippen molar-refractivity contribution in [2.75, 3.05) is 25.4 Å². The first-order chi connectivity index (χ1) is 30.0. The highest BCUT2D eigenvalue weighted by Gasteiger charge is 2.34. The second-order valence-corrected chi connectivity index (χ2v) is 20.3. The minimum atomic E-state index is -3.59. The molecule has 2 aromatic carbocycles. The second-order valence-electron chi connectivity index (χ2n) is 18.4. The number of fused-ring (bicyclic) bond motifs is 1. The number of aromatic nitrogens is 2. The number of ether oxygens (including phenoxy) is 1. The van der Waals surface area contributed by atoms with Gasteiger partial charge in [-0.25, -0.2) is 22.9 Å². The third-order valence-electron chi connectivity index (χ3n) is 11.9. The monoisotopic (exact) mass is 895 g/mol. The number of imidazole rings is 1. The van der Waals surface area contributed by atoms with Crippen LogP contribution in [0.5, 0.6) is 0 Å². The Morgan fingerprint density at radius 1 is 0.937 bits per heavy atom. The molecule has 1 aliphatic heterocycles. The number of carbonyl (C=O) groups is 4. The number of benzene rings is 2. The number of aliphatic hydroxyl groups is 2. The normalized spacial score (nSPS) is 17.9. The van der Waals surface area contributed by atoms with Crippen LogP contribution < -0.4 is 20.7 Å². The van der Waals surface area contributed by atoms with Crippen molar-refractivity contribution >= 4 is 44.6 Å². The fourth-order valence-electron chi connectivity index (χ4n) is 8.66. The van der Waals surface area contributed by atoms with E-state index in [2.05, 4.69) is 30.6 Å². The van der Waals surface area contributed by atoms with E-state index >= 15 is 0 Å². The zero-order chi connectivity index (χ0) is 45.6. The molecular formula is C46H69N7O9S. The Hall–Kier alpha value is -4.58. The maximum atomic E-state index is 14.6. The van der Waals surface area contributed by atoms with Gasteiger partial charge in [0.25, 0.3) is 0 Å². The molecule has 5 atom stereocenters. The lowest BCUT2D eigenvalue weighted by Crippen LogP contribution is -2.55. The fourth-order valence-corrected chi connectivity index (χ4v) is 9.79. The topological polar surface area (TPSA) is 232 Å². The summed E-state index contributed by atoms with van der Waals surface area (Å²) in [6, 6.07) is 11.6. The number of hydrogen-bond donors (Lipinski definition) is 7. The van der Waals surface area contributed by atoms with Crippen LogP contribution in [-0.4, -0.2) is 119 Å². The lowest BCUT2D eigenvalue weighted by atomic mass is 9.83. The van der Waals surface area contributed by atoms with E-state index in [4.69, 9.17) is 4.74 Å². The van der Waals surface area contributed by atoms with Crippen LogP contribution in [0.15, 0.2) is 55.0 Å². The first-order valence-electron chi connectivity index (χ1n) is 22.6. The number of H-pyrrole nitrogens is 1. The minimum absolute atomic E-state index is 0.0404. The minimum Gasteiger partial charge on any atom is -0.444 e. The smallest absolute Gasteiger partial charge is 0.407 e. The van der Waals surface area contributed by atoms with Gasteiger partial charge in [0.05, 0.1) is 36.2 Å². The van der Waals surface area contributed by atoms with Crippen LogP contribution in [0.3, 0.4) is 0 Å². The molecule has 1 saturated heterocycles. The van der Waals surface area contributed by atoms with E-state index in [0.717, 1.165) is 48.4 Å². The molecular weight excluding hydrogens is 827 g/mol. The molecule has 2 heterocycles. The molecule has 348 valence electrons. The van der Waals surface area contributed by atoms with E-state index in [0.29, 0.717) is 44.5 Å². The lowest BCUT2D eigenvalue weighted by molar-refractivity contribution is -0.138. The van der Waals surface area contributed by atoms with Crippen molar-refractivity contribution in [1.29, 1.82) is 0 Å². The van der Waals surface area contributed by atoms with Crippen LogP contribution in [0, 0.1) is 11.8 Å². The maximum absolute atomic E-state index is 14.6. The number of aliphatic hydroxyl groups excluding tert-OH is 2. The van der Waals surface area contributed by atoms with Gasteiger partial charge in [-0.1, -0.05) is 81.5 Å². The first-order valence-corrected chi connectivity index (χ1v) is 24.3. The third-order valence-corrected chi connectivity index (χ3v) is 13.5. The second kappa shape index (κ2) is 23.4. The summed E-state index contributed by atoms with van der Waals surface area (Å²) >= 11 is 0. The van der Waals surface area contributed by atoms with E-state index in [1.807, 2.05) is 42.5 Å². The fraction of sp³-hybridized carbons (Fsp3) is 0.630. The Kier molecular flexibility index (Phi) is 18.3. The van der Waals surface area contributed by atoms with Crippen LogP contribution in [-0.2, 0) is 42.0 Å². The van der Waals surface area contributed by atoms with E-state index in [-0.39, 0.29) is 55.8 Å². The number of likely N-dealkylation sites (tertiary alicyclic amines) is 1. The summed E-state index contributed by atoms with van der Waals surface area (Å²) in [7, 11) is -3.59. The Morgan fingerprint density at radius 3 is 2.33 bits per heavy atom. The van der Waals surface area contributed by atoms with Crippen molar-refractivity contribution in [3.8, 4) is 0 Å². The van der Waals surface area contributed by atoms with Gasteiger partial charge in [-0.05, 0) is 75.1 Å². The van der Waals surface area contributed by atoms with Gasteiger partial charge in [-0.3, -0.25) is 14.4 Å². The number of rotatable bonds is 21. The molecule has 5 rings (SSSR count). The third kappa shape index (κ3) is 16.2. The molecule has 4 amide bonds. The molecule has 1 saturated carbocycles. The lowest BCUT2D eigenvalue weighted by Gasteiger charge is -2.34. The molecule has 2 aliphatic rings. The van der Waals surface area contributed by atoms with Gasteiger partial charge in [-0.15, -0.1) is 0 Å². The molecule has 16 nitrogen and oxygen atoms in total. The van der Waals surface area contributed by atoms with E-state index < -0.39 is 63.7 Å². The van der Waals surface area contributed by atoms with Crippen molar-refractivity contribution in [3.05, 3.63) is 66.2 Å². The van der Waals surface area contributed by atoms with E-state index in [1.165, 1.54) is 6.33 Å². The highest BCUT2D eigenvalue weighted by Crippen LogP contribution is 2.29. The van der Waals surface area contributed by atoms with E-state index in [1.54, 1.807) is 38.8 Å². The van der Waals surface area contributed by atoms with Crippen LogP contribution in [0.1, 0.15) is 110 Å². The largest absolute Gasteiger partial charge is 0.444 e. The summed E-state index contributed by atoms with van der Waals surface area (Å²) in [6.45, 7) is 7.62. The number of carbonyl (C=O) groups excluding carboxylic acids is 4. The van der Waals surface area contributed by atoms with Crippen LogP contribution in [0.4, 0.5) is 4.79 Å².